The van der Waals surface area contributed by atoms with Crippen molar-refractivity contribution in [2.24, 2.45) is 0 Å². The summed E-state index contributed by atoms with van der Waals surface area (Å²) in [6.45, 7) is 0. The van der Waals surface area contributed by atoms with E-state index in [-0.39, 0.29) is 18.5 Å². The second-order valence-corrected chi connectivity index (χ2v) is 15.8. The zero-order valence-electron chi connectivity index (χ0n) is 31.7. The van der Waals surface area contributed by atoms with E-state index in [2.05, 4.69) is 233 Å². The van der Waals surface area contributed by atoms with Crippen LogP contribution in [0.15, 0.2) is 206 Å². The van der Waals surface area contributed by atoms with Crippen LogP contribution in [-0.4, -0.2) is 26.5 Å². The summed E-state index contributed by atoms with van der Waals surface area (Å²) in [4.78, 5) is 2.51. The van der Waals surface area contributed by atoms with Crippen molar-refractivity contribution < 1.29 is 0 Å². The van der Waals surface area contributed by atoms with Crippen LogP contribution < -0.4 is 0 Å². The van der Waals surface area contributed by atoms with E-state index in [1.807, 2.05) is 0 Å². The lowest BCUT2D eigenvalue weighted by atomic mass is 9.67. The smallest absolute Gasteiger partial charge is 0.119 e. The first-order valence-corrected chi connectivity index (χ1v) is 20.0. The molecule has 1 aliphatic carbocycles. The maximum Gasteiger partial charge on any atom is 0.119 e. The molecule has 0 saturated carbocycles. The van der Waals surface area contributed by atoms with E-state index in [1.165, 1.54) is 71.9 Å². The van der Waals surface area contributed by atoms with Gasteiger partial charge in [0.15, 0.2) is 0 Å². The molecule has 272 valence electrons. The lowest BCUT2D eigenvalue weighted by molar-refractivity contribution is 0.144. The van der Waals surface area contributed by atoms with Crippen molar-refractivity contribution in [3.8, 4) is 16.8 Å². The number of hydrogen-bond donors (Lipinski definition) is 0. The number of rotatable bonds is 6. The van der Waals surface area contributed by atoms with Crippen LogP contribution in [0, 0.1) is 0 Å². The SMILES string of the molecule is CN1C(c2ccccc2)N2C(c3ccccc3)[N@]2C1c1ccc(-n2c3ccccc3c3cc4c(cc32)C(c2ccccc2)(c2ccccc2)c2ccccc2-4)cc1. The van der Waals surface area contributed by atoms with E-state index >= 15 is 0 Å². The molecule has 4 unspecified atom stereocenters. The summed E-state index contributed by atoms with van der Waals surface area (Å²) in [6.07, 6.45) is 0.487. The fourth-order valence-electron chi connectivity index (χ4n) is 10.5. The van der Waals surface area contributed by atoms with Gasteiger partial charge in [-0.3, -0.25) is 4.90 Å². The molecule has 2 aliphatic heterocycles. The largest absolute Gasteiger partial charge is 0.309 e. The number of hydrogen-bond acceptors (Lipinski definition) is 3. The Hall–Kier alpha value is -6.56. The first kappa shape index (κ1) is 32.7. The first-order valence-electron chi connectivity index (χ1n) is 20.0. The molecule has 2 fully saturated rings. The van der Waals surface area contributed by atoms with Gasteiger partial charge < -0.3 is 4.57 Å². The van der Waals surface area contributed by atoms with E-state index in [0.717, 1.165) is 5.69 Å². The molecule has 57 heavy (non-hydrogen) atoms. The van der Waals surface area contributed by atoms with Crippen molar-refractivity contribution in [2.45, 2.75) is 23.9 Å². The summed E-state index contributed by atoms with van der Waals surface area (Å²) in [5.74, 6) is 0. The van der Waals surface area contributed by atoms with Crippen LogP contribution in [0.4, 0.5) is 0 Å². The molecule has 1 aromatic heterocycles. The van der Waals surface area contributed by atoms with Gasteiger partial charge in [0.2, 0.25) is 0 Å². The molecule has 0 N–H and O–H groups in total. The predicted molar refractivity (Wildman–Crippen MR) is 231 cm³/mol. The summed E-state index contributed by atoms with van der Waals surface area (Å²) in [5, 5.41) is 7.63. The number of hydrazine groups is 1. The van der Waals surface area contributed by atoms with Gasteiger partial charge in [-0.2, -0.15) is 10.0 Å². The maximum atomic E-state index is 2.55. The molecule has 0 bridgehead atoms. The molecule has 4 heteroatoms. The number of para-hydroxylation sites is 1. The highest BCUT2D eigenvalue weighted by Gasteiger charge is 2.63. The summed E-state index contributed by atoms with van der Waals surface area (Å²) in [6, 6.07) is 76.3. The molecule has 2 saturated heterocycles. The molecule has 0 spiro atoms. The molecule has 8 aromatic carbocycles. The summed E-state index contributed by atoms with van der Waals surface area (Å²) < 4.78 is 2.49. The molecule has 0 radical (unpaired) electrons. The van der Waals surface area contributed by atoms with Crippen LogP contribution in [-0.2, 0) is 5.41 Å². The Kier molecular flexibility index (Phi) is 7.15. The van der Waals surface area contributed by atoms with E-state index in [4.69, 9.17) is 0 Å². The van der Waals surface area contributed by atoms with Crippen molar-refractivity contribution in [1.29, 1.82) is 0 Å². The Morgan fingerprint density at radius 2 is 0.895 bits per heavy atom. The van der Waals surface area contributed by atoms with E-state index < -0.39 is 5.41 Å². The van der Waals surface area contributed by atoms with Gasteiger partial charge in [-0.15, -0.1) is 0 Å². The third-order valence-corrected chi connectivity index (χ3v) is 12.9. The summed E-state index contributed by atoms with van der Waals surface area (Å²) in [5.41, 5.74) is 14.9. The fourth-order valence-corrected chi connectivity index (χ4v) is 10.5. The molecule has 0 amide bonds. The van der Waals surface area contributed by atoms with Crippen LogP contribution in [0.1, 0.15) is 57.4 Å². The van der Waals surface area contributed by atoms with Gasteiger partial charge in [0.1, 0.15) is 18.5 Å². The van der Waals surface area contributed by atoms with E-state index in [1.54, 1.807) is 0 Å². The lowest BCUT2D eigenvalue weighted by Crippen LogP contribution is -2.30. The third kappa shape index (κ3) is 4.61. The summed E-state index contributed by atoms with van der Waals surface area (Å²) in [7, 11) is 2.27. The minimum Gasteiger partial charge on any atom is -0.309 e. The highest BCUT2D eigenvalue weighted by Crippen LogP contribution is 2.61. The molecule has 9 aromatic rings. The Bertz CT molecular complexity index is 2900. The van der Waals surface area contributed by atoms with Crippen LogP contribution in [0.25, 0.3) is 38.6 Å². The monoisotopic (exact) mass is 732 g/mol. The minimum atomic E-state index is -0.462. The molecule has 5 atom stereocenters. The van der Waals surface area contributed by atoms with Gasteiger partial charge in [-0.05, 0) is 87.5 Å². The zero-order valence-corrected chi connectivity index (χ0v) is 31.7. The van der Waals surface area contributed by atoms with Crippen molar-refractivity contribution in [1.82, 2.24) is 19.5 Å². The molecule has 3 aliphatic rings. The van der Waals surface area contributed by atoms with Crippen molar-refractivity contribution in [2.75, 3.05) is 7.05 Å². The van der Waals surface area contributed by atoms with Gasteiger partial charge in [0.25, 0.3) is 0 Å². The topological polar surface area (TPSA) is 14.2 Å². The summed E-state index contributed by atoms with van der Waals surface area (Å²) >= 11 is 0. The number of aromatic nitrogens is 1. The molecular formula is C53H40N4. The van der Waals surface area contributed by atoms with Crippen molar-refractivity contribution >= 4 is 21.8 Å². The molecule has 3 heterocycles. The van der Waals surface area contributed by atoms with Gasteiger partial charge in [-0.1, -0.05) is 176 Å². The maximum absolute atomic E-state index is 2.55. The van der Waals surface area contributed by atoms with Gasteiger partial charge in [0.05, 0.1) is 16.4 Å². The van der Waals surface area contributed by atoms with Crippen LogP contribution in [0.2, 0.25) is 0 Å². The van der Waals surface area contributed by atoms with Gasteiger partial charge >= 0.3 is 0 Å². The van der Waals surface area contributed by atoms with Gasteiger partial charge in [-0.25, -0.2) is 0 Å². The van der Waals surface area contributed by atoms with Crippen LogP contribution in [0.3, 0.4) is 0 Å². The molecule has 4 nitrogen and oxygen atoms in total. The van der Waals surface area contributed by atoms with Gasteiger partial charge in [0, 0.05) is 16.5 Å². The Morgan fingerprint density at radius 3 is 1.53 bits per heavy atom. The quantitative estimate of drug-likeness (QED) is 0.158. The highest BCUT2D eigenvalue weighted by atomic mass is 16.0. The molecular weight excluding hydrogens is 693 g/mol. The zero-order chi connectivity index (χ0) is 37.7. The minimum absolute atomic E-state index is 0.103. The standard InChI is InChI=1S/C53H40N4/c1-54-50(36-18-6-2-7-19-36)56-52(37-20-8-3-9-21-37)57(56)51(54)38-30-32-41(33-31-38)55-48-29-17-15-27-43(48)45-34-44-42-26-14-16-28-46(42)53(47(44)35-49(45)55,39-22-10-4-11-23-39)40-24-12-5-13-25-40/h2-35,50-52H,1H3/t50?,51?,52?,56?,57-/m0/s1. The second kappa shape index (κ2) is 12.5. The average Bonchev–Trinajstić information content (AvgIpc) is 3.63. The van der Waals surface area contributed by atoms with E-state index in [9.17, 15) is 0 Å². The lowest BCUT2D eigenvalue weighted by Gasteiger charge is -2.34. The number of fused-ring (bicyclic) bond motifs is 7. The predicted octanol–water partition coefficient (Wildman–Crippen LogP) is 12.0. The first-order chi connectivity index (χ1) is 28.2. The van der Waals surface area contributed by atoms with Crippen molar-refractivity contribution in [3.63, 3.8) is 0 Å². The number of nitrogens with zero attached hydrogens (tertiary/aromatic N) is 4. The van der Waals surface area contributed by atoms with Crippen molar-refractivity contribution in [3.05, 3.63) is 245 Å². The number of benzene rings is 8. The Balaban J connectivity index is 1.03. The fraction of sp³-hybridized carbons (Fsp3) is 0.0943. The molecule has 12 rings (SSSR count). The second-order valence-electron chi connectivity index (χ2n) is 15.8. The Morgan fingerprint density at radius 1 is 0.386 bits per heavy atom. The van der Waals surface area contributed by atoms with Crippen LogP contribution in [0.5, 0.6) is 0 Å². The average molecular weight is 733 g/mol. The third-order valence-electron chi connectivity index (χ3n) is 12.9. The van der Waals surface area contributed by atoms with Crippen LogP contribution >= 0.6 is 0 Å². The normalized spacial score (nSPS) is 21.7. The highest BCUT2D eigenvalue weighted by molar-refractivity contribution is 6.12. The van der Waals surface area contributed by atoms with E-state index in [0.29, 0.717) is 0 Å². The Labute approximate surface area is 333 Å².